The second kappa shape index (κ2) is 5.94. The van der Waals surface area contributed by atoms with Crippen LogP contribution in [0.3, 0.4) is 0 Å². The van der Waals surface area contributed by atoms with Crippen molar-refractivity contribution in [3.8, 4) is 5.75 Å². The van der Waals surface area contributed by atoms with Crippen LogP contribution in [0.1, 0.15) is 37.8 Å². The predicted octanol–water partition coefficient (Wildman–Crippen LogP) is 4.05. The van der Waals surface area contributed by atoms with Crippen molar-refractivity contribution in [3.63, 3.8) is 0 Å². The van der Waals surface area contributed by atoms with Gasteiger partial charge < -0.3 is 10.1 Å². The maximum atomic E-state index is 6.39. The maximum absolute atomic E-state index is 6.39. The first-order valence-electron chi connectivity index (χ1n) is 6.68. The van der Waals surface area contributed by atoms with Crippen LogP contribution in [0.2, 0.25) is 5.02 Å². The number of rotatable bonds is 4. The summed E-state index contributed by atoms with van der Waals surface area (Å²) < 4.78 is 5.21. The first-order valence-corrected chi connectivity index (χ1v) is 7.06. The molecule has 3 atom stereocenters. The molecule has 0 aromatic heterocycles. The molecular formula is C15H22ClNO. The molecule has 1 aliphatic carbocycles. The molecule has 0 heterocycles. The highest BCUT2D eigenvalue weighted by Gasteiger charge is 2.31. The van der Waals surface area contributed by atoms with Gasteiger partial charge in [-0.1, -0.05) is 37.4 Å². The van der Waals surface area contributed by atoms with Crippen LogP contribution in [0.25, 0.3) is 0 Å². The van der Waals surface area contributed by atoms with E-state index in [1.807, 2.05) is 19.2 Å². The topological polar surface area (TPSA) is 21.3 Å². The first kappa shape index (κ1) is 13.7. The fourth-order valence-corrected chi connectivity index (χ4v) is 3.44. The van der Waals surface area contributed by atoms with E-state index in [2.05, 4.69) is 18.3 Å². The Kier molecular flexibility index (Phi) is 4.52. The number of nitrogens with one attached hydrogen (secondary N) is 1. The Morgan fingerprint density at radius 2 is 2.17 bits per heavy atom. The van der Waals surface area contributed by atoms with Gasteiger partial charge in [-0.25, -0.2) is 0 Å². The molecule has 18 heavy (non-hydrogen) atoms. The van der Waals surface area contributed by atoms with Crippen LogP contribution in [0.15, 0.2) is 18.2 Å². The molecule has 0 aliphatic heterocycles. The van der Waals surface area contributed by atoms with Gasteiger partial charge in [0, 0.05) is 11.1 Å². The highest BCUT2D eigenvalue weighted by atomic mass is 35.5. The lowest BCUT2D eigenvalue weighted by atomic mass is 9.86. The zero-order chi connectivity index (χ0) is 13.1. The number of ether oxygens (including phenoxy) is 1. The molecule has 2 nitrogen and oxygen atoms in total. The van der Waals surface area contributed by atoms with Crippen molar-refractivity contribution in [2.24, 2.45) is 11.8 Å². The summed E-state index contributed by atoms with van der Waals surface area (Å²) in [6.07, 6.45) is 3.95. The third-order valence-electron chi connectivity index (χ3n) is 4.21. The number of benzene rings is 1. The molecule has 0 amide bonds. The molecule has 100 valence electrons. The minimum Gasteiger partial charge on any atom is -0.497 e. The number of halogens is 1. The molecule has 1 aromatic rings. The summed E-state index contributed by atoms with van der Waals surface area (Å²) in [4.78, 5) is 0. The molecule has 3 heteroatoms. The third-order valence-corrected chi connectivity index (χ3v) is 4.54. The second-order valence-corrected chi connectivity index (χ2v) is 5.63. The smallest absolute Gasteiger partial charge is 0.120 e. The largest absolute Gasteiger partial charge is 0.497 e. The summed E-state index contributed by atoms with van der Waals surface area (Å²) in [6, 6.07) is 6.33. The van der Waals surface area contributed by atoms with Crippen molar-refractivity contribution in [1.82, 2.24) is 5.32 Å². The van der Waals surface area contributed by atoms with E-state index in [9.17, 15) is 0 Å². The minimum atomic E-state index is 0.348. The maximum Gasteiger partial charge on any atom is 0.120 e. The normalized spacial score (nSPS) is 25.1. The molecule has 1 aromatic carbocycles. The Bertz CT molecular complexity index is 407. The monoisotopic (exact) mass is 267 g/mol. The van der Waals surface area contributed by atoms with Crippen molar-refractivity contribution in [2.75, 3.05) is 14.2 Å². The average molecular weight is 268 g/mol. The summed E-state index contributed by atoms with van der Waals surface area (Å²) in [6.45, 7) is 2.35. The van der Waals surface area contributed by atoms with Crippen LogP contribution in [0, 0.1) is 11.8 Å². The van der Waals surface area contributed by atoms with Gasteiger partial charge in [0.2, 0.25) is 0 Å². The summed E-state index contributed by atoms with van der Waals surface area (Å²) >= 11 is 6.39. The van der Waals surface area contributed by atoms with Crippen molar-refractivity contribution in [1.29, 1.82) is 0 Å². The van der Waals surface area contributed by atoms with Crippen molar-refractivity contribution in [3.05, 3.63) is 28.8 Å². The molecule has 1 aliphatic rings. The van der Waals surface area contributed by atoms with Crippen LogP contribution >= 0.6 is 11.6 Å². The van der Waals surface area contributed by atoms with E-state index in [0.29, 0.717) is 12.0 Å². The molecule has 1 fully saturated rings. The Balaban J connectivity index is 2.27. The van der Waals surface area contributed by atoms with Crippen molar-refractivity contribution in [2.45, 2.75) is 32.2 Å². The lowest BCUT2D eigenvalue weighted by Gasteiger charge is -2.28. The highest BCUT2D eigenvalue weighted by molar-refractivity contribution is 6.31. The van der Waals surface area contributed by atoms with E-state index in [4.69, 9.17) is 16.3 Å². The summed E-state index contributed by atoms with van der Waals surface area (Å²) in [5.74, 6) is 2.26. The molecular weight excluding hydrogens is 246 g/mol. The van der Waals surface area contributed by atoms with Crippen LogP contribution in [0.5, 0.6) is 5.75 Å². The molecule has 2 rings (SSSR count). The van der Waals surface area contributed by atoms with E-state index in [1.54, 1.807) is 7.11 Å². The Hall–Kier alpha value is -0.730. The van der Waals surface area contributed by atoms with Gasteiger partial charge in [0.15, 0.2) is 0 Å². The standard InChI is InChI=1S/C15H22ClNO/c1-10-5-4-6-12(10)15(17-2)13-8-7-11(18-3)9-14(13)16/h7-10,12,15,17H,4-6H2,1-3H3. The van der Waals surface area contributed by atoms with E-state index in [0.717, 1.165) is 16.7 Å². The molecule has 0 saturated heterocycles. The number of hydrogen-bond acceptors (Lipinski definition) is 2. The fraction of sp³-hybridized carbons (Fsp3) is 0.600. The van der Waals surface area contributed by atoms with Gasteiger partial charge in [0.1, 0.15) is 5.75 Å². The zero-order valence-corrected chi connectivity index (χ0v) is 12.1. The lowest BCUT2D eigenvalue weighted by Crippen LogP contribution is -2.27. The van der Waals surface area contributed by atoms with Crippen molar-refractivity contribution < 1.29 is 4.74 Å². The average Bonchev–Trinajstić information content (AvgIpc) is 2.78. The van der Waals surface area contributed by atoms with Crippen LogP contribution in [-0.4, -0.2) is 14.2 Å². The molecule has 0 bridgehead atoms. The summed E-state index contributed by atoms with van der Waals surface area (Å²) in [5.41, 5.74) is 1.19. The zero-order valence-electron chi connectivity index (χ0n) is 11.4. The van der Waals surface area contributed by atoms with Gasteiger partial charge in [0.05, 0.1) is 7.11 Å². The lowest BCUT2D eigenvalue weighted by molar-refractivity contribution is 0.315. The van der Waals surface area contributed by atoms with Crippen molar-refractivity contribution >= 4 is 11.6 Å². The van der Waals surface area contributed by atoms with E-state index in [1.165, 1.54) is 24.8 Å². The van der Waals surface area contributed by atoms with E-state index in [-0.39, 0.29) is 0 Å². The second-order valence-electron chi connectivity index (χ2n) is 5.23. The molecule has 1 saturated carbocycles. The molecule has 3 unspecified atom stereocenters. The van der Waals surface area contributed by atoms with Gasteiger partial charge in [-0.15, -0.1) is 0 Å². The first-order chi connectivity index (χ1) is 8.67. The number of methoxy groups -OCH3 is 1. The molecule has 1 N–H and O–H groups in total. The third kappa shape index (κ3) is 2.65. The summed E-state index contributed by atoms with van der Waals surface area (Å²) in [7, 11) is 3.69. The minimum absolute atomic E-state index is 0.348. The highest BCUT2D eigenvalue weighted by Crippen LogP contribution is 2.42. The van der Waals surface area contributed by atoms with Gasteiger partial charge in [0.25, 0.3) is 0 Å². The van der Waals surface area contributed by atoms with Gasteiger partial charge in [-0.05, 0) is 43.0 Å². The molecule has 0 spiro atoms. The fourth-order valence-electron chi connectivity index (χ4n) is 3.16. The van der Waals surface area contributed by atoms with Crippen LogP contribution in [0.4, 0.5) is 0 Å². The van der Waals surface area contributed by atoms with E-state index < -0.39 is 0 Å². The quantitative estimate of drug-likeness (QED) is 0.889. The van der Waals surface area contributed by atoms with Gasteiger partial charge in [-0.2, -0.15) is 0 Å². The van der Waals surface area contributed by atoms with E-state index >= 15 is 0 Å². The Labute approximate surface area is 115 Å². The Morgan fingerprint density at radius 1 is 1.39 bits per heavy atom. The predicted molar refractivity (Wildman–Crippen MR) is 76.3 cm³/mol. The van der Waals surface area contributed by atoms with Gasteiger partial charge >= 0.3 is 0 Å². The SMILES string of the molecule is CNC(c1ccc(OC)cc1Cl)C1CCCC1C. The Morgan fingerprint density at radius 3 is 2.67 bits per heavy atom. The van der Waals surface area contributed by atoms with Crippen LogP contribution < -0.4 is 10.1 Å². The molecule has 0 radical (unpaired) electrons. The van der Waals surface area contributed by atoms with Crippen LogP contribution in [-0.2, 0) is 0 Å². The van der Waals surface area contributed by atoms with Gasteiger partial charge in [-0.3, -0.25) is 0 Å². The summed E-state index contributed by atoms with van der Waals surface area (Å²) in [5, 5.41) is 4.24. The number of hydrogen-bond donors (Lipinski definition) is 1.